The number of Topliss-reactive ketones (excluding diaryl/α,β-unsaturated/α-hetero) is 1. The molecule has 1 fully saturated rings. The lowest BCUT2D eigenvalue weighted by Crippen LogP contribution is -2.35. The van der Waals surface area contributed by atoms with Crippen molar-refractivity contribution in [2.75, 3.05) is 6.54 Å². The quantitative estimate of drug-likeness (QED) is 0.859. The van der Waals surface area contributed by atoms with Crippen LogP contribution >= 0.6 is 0 Å². The maximum absolute atomic E-state index is 12.5. The summed E-state index contributed by atoms with van der Waals surface area (Å²) in [6, 6.07) is 2.88. The van der Waals surface area contributed by atoms with Crippen molar-refractivity contribution < 1.29 is 26.4 Å². The third-order valence-electron chi connectivity index (χ3n) is 3.46. The highest BCUT2D eigenvalue weighted by Gasteiger charge is 2.39. The minimum atomic E-state index is -4.52. The van der Waals surface area contributed by atoms with Crippen molar-refractivity contribution in [2.45, 2.75) is 36.9 Å². The molecule has 0 amide bonds. The van der Waals surface area contributed by atoms with Gasteiger partial charge >= 0.3 is 6.18 Å². The molecule has 8 heteroatoms. The largest absolute Gasteiger partial charge is 0.416 e. The van der Waals surface area contributed by atoms with Gasteiger partial charge in [-0.15, -0.1) is 0 Å². The van der Waals surface area contributed by atoms with Crippen LogP contribution in [0.2, 0.25) is 0 Å². The molecule has 1 aliphatic heterocycles. The van der Waals surface area contributed by atoms with E-state index in [2.05, 4.69) is 0 Å². The van der Waals surface area contributed by atoms with Gasteiger partial charge in [0.15, 0.2) is 0 Å². The van der Waals surface area contributed by atoms with Crippen LogP contribution in [-0.4, -0.2) is 31.1 Å². The molecule has 21 heavy (non-hydrogen) atoms. The molecule has 0 saturated carbocycles. The van der Waals surface area contributed by atoms with Gasteiger partial charge in [0, 0.05) is 12.5 Å². The highest BCUT2D eigenvalue weighted by Crippen LogP contribution is 2.31. The van der Waals surface area contributed by atoms with E-state index in [9.17, 15) is 26.4 Å². The van der Waals surface area contributed by atoms with Gasteiger partial charge in [-0.05, 0) is 30.7 Å². The van der Waals surface area contributed by atoms with E-state index >= 15 is 0 Å². The van der Waals surface area contributed by atoms with E-state index in [0.717, 1.165) is 28.6 Å². The molecule has 116 valence electrons. The van der Waals surface area contributed by atoms with E-state index in [-0.39, 0.29) is 23.6 Å². The van der Waals surface area contributed by atoms with E-state index < -0.39 is 27.8 Å². The van der Waals surface area contributed by atoms with Crippen molar-refractivity contribution in [1.82, 2.24) is 4.31 Å². The van der Waals surface area contributed by atoms with Crippen molar-refractivity contribution in [3.05, 3.63) is 29.8 Å². The number of benzene rings is 1. The molecule has 1 aromatic rings. The normalized spacial score (nSPS) is 21.0. The summed E-state index contributed by atoms with van der Waals surface area (Å²) in [4.78, 5) is 11.2. The lowest BCUT2D eigenvalue weighted by Gasteiger charge is -2.22. The number of halogens is 3. The first-order chi connectivity index (χ1) is 9.66. The molecule has 0 radical (unpaired) electrons. The van der Waals surface area contributed by atoms with Crippen molar-refractivity contribution >= 4 is 15.8 Å². The predicted octanol–water partition coefficient (Wildman–Crippen LogP) is 2.45. The van der Waals surface area contributed by atoms with Gasteiger partial charge in [0.05, 0.1) is 17.0 Å². The predicted molar refractivity (Wildman–Crippen MR) is 69.0 cm³/mol. The van der Waals surface area contributed by atoms with Gasteiger partial charge in [0.25, 0.3) is 0 Å². The fourth-order valence-corrected chi connectivity index (χ4v) is 3.99. The molecule has 2 rings (SSSR count). The summed E-state index contributed by atoms with van der Waals surface area (Å²) in [5.74, 6) is -0.183. The number of ketones is 1. The van der Waals surface area contributed by atoms with Crippen molar-refractivity contribution in [1.29, 1.82) is 0 Å². The first-order valence-electron chi connectivity index (χ1n) is 6.37. The fraction of sp³-hybridized carbons (Fsp3) is 0.462. The highest BCUT2D eigenvalue weighted by atomic mass is 32.2. The van der Waals surface area contributed by atoms with Crippen molar-refractivity contribution in [3.63, 3.8) is 0 Å². The Morgan fingerprint density at radius 3 is 2.29 bits per heavy atom. The Kier molecular flexibility index (Phi) is 4.12. The number of carbonyl (C=O) groups is 1. The molecule has 4 nitrogen and oxygen atoms in total. The summed E-state index contributed by atoms with van der Waals surface area (Å²) in [6.45, 7) is 1.54. The van der Waals surface area contributed by atoms with Crippen LogP contribution in [-0.2, 0) is 21.0 Å². The molecule has 0 bridgehead atoms. The molecule has 1 heterocycles. The van der Waals surface area contributed by atoms with E-state index in [1.807, 2.05) is 0 Å². The Bertz CT molecular complexity index is 638. The van der Waals surface area contributed by atoms with E-state index in [0.29, 0.717) is 6.42 Å². The van der Waals surface area contributed by atoms with Crippen LogP contribution in [0.1, 0.15) is 25.3 Å². The molecule has 0 spiro atoms. The smallest absolute Gasteiger partial charge is 0.298 e. The lowest BCUT2D eigenvalue weighted by molar-refractivity contribution is -0.137. The number of carbonyl (C=O) groups excluding carboxylic acids is 1. The molecular weight excluding hydrogens is 307 g/mol. The third-order valence-corrected chi connectivity index (χ3v) is 5.37. The number of alkyl halides is 3. The van der Waals surface area contributed by atoms with Gasteiger partial charge in [-0.3, -0.25) is 4.79 Å². The zero-order valence-corrected chi connectivity index (χ0v) is 12.0. The summed E-state index contributed by atoms with van der Waals surface area (Å²) in [6.07, 6.45) is -3.89. The Morgan fingerprint density at radius 2 is 1.81 bits per heavy atom. The topological polar surface area (TPSA) is 54.5 Å². The molecule has 0 aromatic heterocycles. The van der Waals surface area contributed by atoms with E-state index in [1.165, 1.54) is 0 Å². The number of hydrogen-bond acceptors (Lipinski definition) is 3. The summed E-state index contributed by atoms with van der Waals surface area (Å²) < 4.78 is 63.3. The Morgan fingerprint density at radius 1 is 1.24 bits per heavy atom. The summed E-state index contributed by atoms with van der Waals surface area (Å²) in [5, 5.41) is 0. The Labute approximate surface area is 120 Å². The standard InChI is InChI=1S/C13H14F3NO3S/c1-2-10-7-11(18)8-17(10)21(19,20)12-5-3-9(4-6-12)13(14,15)16/h3-6,10H,2,7-8H2,1H3. The molecule has 1 unspecified atom stereocenters. The number of rotatable bonds is 3. The van der Waals surface area contributed by atoms with Crippen LogP contribution in [0.4, 0.5) is 13.2 Å². The first kappa shape index (κ1) is 16.0. The zero-order valence-electron chi connectivity index (χ0n) is 11.2. The fourth-order valence-electron chi connectivity index (χ4n) is 2.31. The first-order valence-corrected chi connectivity index (χ1v) is 7.81. The number of sulfonamides is 1. The molecule has 0 aliphatic carbocycles. The van der Waals surface area contributed by atoms with Gasteiger partial charge in [-0.1, -0.05) is 6.92 Å². The van der Waals surface area contributed by atoms with Gasteiger partial charge in [-0.25, -0.2) is 8.42 Å². The molecule has 1 aliphatic rings. The van der Waals surface area contributed by atoms with Crippen LogP contribution in [0.5, 0.6) is 0 Å². The highest BCUT2D eigenvalue weighted by molar-refractivity contribution is 7.89. The molecule has 0 N–H and O–H groups in total. The Hall–Kier alpha value is -1.41. The van der Waals surface area contributed by atoms with Crippen molar-refractivity contribution in [2.24, 2.45) is 0 Å². The summed E-state index contributed by atoms with van der Waals surface area (Å²) >= 11 is 0. The number of hydrogen-bond donors (Lipinski definition) is 0. The molecular formula is C13H14F3NO3S. The Balaban J connectivity index is 2.34. The maximum atomic E-state index is 12.5. The second-order valence-electron chi connectivity index (χ2n) is 4.88. The number of nitrogens with zero attached hydrogens (tertiary/aromatic N) is 1. The summed E-state index contributed by atoms with van der Waals surface area (Å²) in [5.41, 5.74) is -0.911. The average Bonchev–Trinajstić information content (AvgIpc) is 2.80. The van der Waals surface area contributed by atoms with Crippen LogP contribution in [0.25, 0.3) is 0 Å². The zero-order chi connectivity index (χ0) is 15.8. The van der Waals surface area contributed by atoms with Crippen LogP contribution in [0, 0.1) is 0 Å². The van der Waals surface area contributed by atoms with Crippen LogP contribution in [0.15, 0.2) is 29.2 Å². The van der Waals surface area contributed by atoms with Crippen LogP contribution < -0.4 is 0 Å². The third kappa shape index (κ3) is 3.11. The lowest BCUT2D eigenvalue weighted by atomic mass is 10.2. The van der Waals surface area contributed by atoms with Crippen molar-refractivity contribution in [3.8, 4) is 0 Å². The average molecular weight is 321 g/mol. The second kappa shape index (κ2) is 5.42. The second-order valence-corrected chi connectivity index (χ2v) is 6.77. The van der Waals surface area contributed by atoms with Gasteiger partial charge in [0.2, 0.25) is 10.0 Å². The maximum Gasteiger partial charge on any atom is 0.416 e. The van der Waals surface area contributed by atoms with Crippen LogP contribution in [0.3, 0.4) is 0 Å². The SMILES string of the molecule is CCC1CC(=O)CN1S(=O)(=O)c1ccc(C(F)(F)F)cc1. The summed E-state index contributed by atoms with van der Waals surface area (Å²) in [7, 11) is -3.95. The van der Waals surface area contributed by atoms with Gasteiger partial charge < -0.3 is 0 Å². The molecule has 1 atom stereocenters. The van der Waals surface area contributed by atoms with E-state index in [4.69, 9.17) is 0 Å². The van der Waals surface area contributed by atoms with Gasteiger partial charge in [0.1, 0.15) is 5.78 Å². The minimum Gasteiger partial charge on any atom is -0.298 e. The minimum absolute atomic E-state index is 0.149. The van der Waals surface area contributed by atoms with Gasteiger partial charge in [-0.2, -0.15) is 17.5 Å². The molecule has 1 aromatic carbocycles. The monoisotopic (exact) mass is 321 g/mol. The molecule has 1 saturated heterocycles. The van der Waals surface area contributed by atoms with E-state index in [1.54, 1.807) is 6.92 Å².